The number of Topliss-reactive ketones (excluding diaryl/α,β-unsaturated/α-hetero) is 1. The summed E-state index contributed by atoms with van der Waals surface area (Å²) in [5.41, 5.74) is 0. The normalized spacial score (nSPS) is 9.18. The lowest BCUT2D eigenvalue weighted by molar-refractivity contribution is -0.118. The molecule has 2 heteroatoms. The molecule has 0 aliphatic heterocycles. The lowest BCUT2D eigenvalue weighted by atomic mass is 10.3. The minimum Gasteiger partial charge on any atom is -0.486 e. The molecule has 0 spiro atoms. The van der Waals surface area contributed by atoms with Gasteiger partial charge in [0.05, 0.1) is 0 Å². The molecule has 1 radical (unpaired) electrons. The van der Waals surface area contributed by atoms with Gasteiger partial charge in [0, 0.05) is 0 Å². The monoisotopic (exact) mass is 149 g/mol. The first-order valence-electron chi connectivity index (χ1n) is 3.37. The zero-order chi connectivity index (χ0) is 8.10. The molecule has 0 aromatic heterocycles. The van der Waals surface area contributed by atoms with E-state index in [2.05, 4.69) is 6.07 Å². The molecule has 0 aliphatic rings. The molecule has 1 rings (SSSR count). The SMILES string of the molecule is CC(=O)COc1c[c]ccc1. The van der Waals surface area contributed by atoms with Crippen LogP contribution in [-0.2, 0) is 4.79 Å². The lowest BCUT2D eigenvalue weighted by Crippen LogP contribution is -2.06. The maximum atomic E-state index is 10.5. The first kappa shape index (κ1) is 7.79. The van der Waals surface area contributed by atoms with Crippen LogP contribution in [0.1, 0.15) is 6.92 Å². The van der Waals surface area contributed by atoms with E-state index in [1.165, 1.54) is 6.92 Å². The molecule has 0 heterocycles. The predicted molar refractivity (Wildman–Crippen MR) is 41.5 cm³/mol. The second-order valence-electron chi connectivity index (χ2n) is 2.23. The molecule has 1 aromatic rings. The molecule has 0 amide bonds. The Hall–Kier alpha value is -1.31. The van der Waals surface area contributed by atoms with Gasteiger partial charge in [0.25, 0.3) is 0 Å². The fourth-order valence-electron chi connectivity index (χ4n) is 0.652. The van der Waals surface area contributed by atoms with Crippen LogP contribution in [0.2, 0.25) is 0 Å². The summed E-state index contributed by atoms with van der Waals surface area (Å²) in [7, 11) is 0. The van der Waals surface area contributed by atoms with Crippen molar-refractivity contribution in [1.82, 2.24) is 0 Å². The Morgan fingerprint density at radius 2 is 2.55 bits per heavy atom. The summed E-state index contributed by atoms with van der Waals surface area (Å²) in [6.45, 7) is 1.63. The second kappa shape index (κ2) is 3.76. The van der Waals surface area contributed by atoms with Crippen LogP contribution in [0.3, 0.4) is 0 Å². The van der Waals surface area contributed by atoms with Gasteiger partial charge in [-0.3, -0.25) is 4.79 Å². The minimum absolute atomic E-state index is 0.0221. The highest BCUT2D eigenvalue weighted by Crippen LogP contribution is 2.06. The average molecular weight is 149 g/mol. The Labute approximate surface area is 65.8 Å². The van der Waals surface area contributed by atoms with Gasteiger partial charge in [0.2, 0.25) is 0 Å². The van der Waals surface area contributed by atoms with Crippen LogP contribution in [0.25, 0.3) is 0 Å². The van der Waals surface area contributed by atoms with Crippen LogP contribution >= 0.6 is 0 Å². The topological polar surface area (TPSA) is 26.3 Å². The molecule has 11 heavy (non-hydrogen) atoms. The zero-order valence-electron chi connectivity index (χ0n) is 6.33. The van der Waals surface area contributed by atoms with E-state index in [4.69, 9.17) is 4.74 Å². The van der Waals surface area contributed by atoms with Crippen LogP contribution in [0.4, 0.5) is 0 Å². The summed E-state index contributed by atoms with van der Waals surface area (Å²) in [6, 6.07) is 9.93. The number of carbonyl (C=O) groups is 1. The summed E-state index contributed by atoms with van der Waals surface area (Å²) < 4.78 is 5.09. The Balaban J connectivity index is 2.45. The minimum atomic E-state index is 0.0221. The van der Waals surface area contributed by atoms with Crippen molar-refractivity contribution in [2.75, 3.05) is 6.61 Å². The molecule has 0 saturated heterocycles. The summed E-state index contributed by atoms with van der Waals surface area (Å²) >= 11 is 0. The Kier molecular flexibility index (Phi) is 2.66. The number of benzene rings is 1. The molecule has 1 aromatic carbocycles. The molecule has 0 unspecified atom stereocenters. The highest BCUT2D eigenvalue weighted by atomic mass is 16.5. The van der Waals surface area contributed by atoms with E-state index >= 15 is 0 Å². The van der Waals surface area contributed by atoms with Gasteiger partial charge in [0.15, 0.2) is 5.78 Å². The molecule has 0 N–H and O–H groups in total. The van der Waals surface area contributed by atoms with Gasteiger partial charge in [-0.15, -0.1) is 0 Å². The maximum Gasteiger partial charge on any atom is 0.167 e. The number of hydrogen-bond donors (Lipinski definition) is 0. The van der Waals surface area contributed by atoms with E-state index in [-0.39, 0.29) is 12.4 Å². The first-order chi connectivity index (χ1) is 5.29. The fourth-order valence-corrected chi connectivity index (χ4v) is 0.652. The number of ketones is 1. The Bertz CT molecular complexity index is 229. The molecule has 57 valence electrons. The zero-order valence-corrected chi connectivity index (χ0v) is 6.33. The van der Waals surface area contributed by atoms with Gasteiger partial charge in [-0.25, -0.2) is 0 Å². The highest BCUT2D eigenvalue weighted by molar-refractivity contribution is 5.77. The maximum absolute atomic E-state index is 10.5. The summed E-state index contributed by atoms with van der Waals surface area (Å²) in [5, 5.41) is 0. The third-order valence-corrected chi connectivity index (χ3v) is 1.12. The van der Waals surface area contributed by atoms with Crippen LogP contribution in [-0.4, -0.2) is 12.4 Å². The summed E-state index contributed by atoms with van der Waals surface area (Å²) in [4.78, 5) is 10.5. The largest absolute Gasteiger partial charge is 0.486 e. The van der Waals surface area contributed by atoms with Crippen molar-refractivity contribution in [3.8, 4) is 5.75 Å². The Morgan fingerprint density at radius 3 is 3.09 bits per heavy atom. The molecule has 0 aliphatic carbocycles. The van der Waals surface area contributed by atoms with Crippen LogP contribution < -0.4 is 4.74 Å². The van der Waals surface area contributed by atoms with Crippen molar-refractivity contribution in [3.63, 3.8) is 0 Å². The molecular weight excluding hydrogens is 140 g/mol. The van der Waals surface area contributed by atoms with Gasteiger partial charge >= 0.3 is 0 Å². The van der Waals surface area contributed by atoms with Gasteiger partial charge in [-0.1, -0.05) is 12.1 Å². The van der Waals surface area contributed by atoms with Gasteiger partial charge in [-0.05, 0) is 25.1 Å². The van der Waals surface area contributed by atoms with Gasteiger partial charge in [-0.2, -0.15) is 0 Å². The highest BCUT2D eigenvalue weighted by Gasteiger charge is 1.93. The molecule has 2 nitrogen and oxygen atoms in total. The van der Waals surface area contributed by atoms with E-state index < -0.39 is 0 Å². The standard InChI is InChI=1S/C9H9O2/c1-8(10)7-11-9-5-3-2-4-6-9/h2-3,5-6H,7H2,1H3. The van der Waals surface area contributed by atoms with Crippen LogP contribution in [0, 0.1) is 6.07 Å². The van der Waals surface area contributed by atoms with E-state index in [1.54, 1.807) is 18.2 Å². The van der Waals surface area contributed by atoms with Crippen molar-refractivity contribution in [2.24, 2.45) is 0 Å². The van der Waals surface area contributed by atoms with Gasteiger partial charge < -0.3 is 4.74 Å². The quantitative estimate of drug-likeness (QED) is 0.650. The second-order valence-corrected chi connectivity index (χ2v) is 2.23. The molecule has 0 atom stereocenters. The smallest absolute Gasteiger partial charge is 0.167 e. The third-order valence-electron chi connectivity index (χ3n) is 1.12. The number of rotatable bonds is 3. The van der Waals surface area contributed by atoms with Gasteiger partial charge in [0.1, 0.15) is 12.4 Å². The van der Waals surface area contributed by atoms with E-state index in [0.29, 0.717) is 5.75 Å². The fraction of sp³-hybridized carbons (Fsp3) is 0.222. The third kappa shape index (κ3) is 2.85. The van der Waals surface area contributed by atoms with Crippen molar-refractivity contribution in [2.45, 2.75) is 6.92 Å². The van der Waals surface area contributed by atoms with Crippen molar-refractivity contribution in [1.29, 1.82) is 0 Å². The molecular formula is C9H9O2. The summed E-state index contributed by atoms with van der Waals surface area (Å²) in [5.74, 6) is 0.705. The first-order valence-corrected chi connectivity index (χ1v) is 3.37. The van der Waals surface area contributed by atoms with E-state index in [0.717, 1.165) is 0 Å². The van der Waals surface area contributed by atoms with E-state index in [1.807, 2.05) is 6.07 Å². The molecule has 0 fully saturated rings. The van der Waals surface area contributed by atoms with Crippen LogP contribution in [0.5, 0.6) is 5.75 Å². The number of hydrogen-bond acceptors (Lipinski definition) is 2. The van der Waals surface area contributed by atoms with Crippen molar-refractivity contribution < 1.29 is 9.53 Å². The number of carbonyl (C=O) groups excluding carboxylic acids is 1. The predicted octanol–water partition coefficient (Wildman–Crippen LogP) is 1.45. The summed E-state index contributed by atoms with van der Waals surface area (Å²) in [6.07, 6.45) is 0. The number of ether oxygens (including phenoxy) is 1. The lowest BCUT2D eigenvalue weighted by Gasteiger charge is -2.00. The van der Waals surface area contributed by atoms with Crippen molar-refractivity contribution >= 4 is 5.78 Å². The van der Waals surface area contributed by atoms with Crippen molar-refractivity contribution in [3.05, 3.63) is 30.3 Å². The molecule has 0 bridgehead atoms. The Morgan fingerprint density at radius 1 is 1.73 bits per heavy atom. The van der Waals surface area contributed by atoms with Crippen LogP contribution in [0.15, 0.2) is 24.3 Å². The molecule has 0 saturated carbocycles. The van der Waals surface area contributed by atoms with E-state index in [9.17, 15) is 4.79 Å². The average Bonchev–Trinajstić information content (AvgIpc) is 2.03.